The van der Waals surface area contributed by atoms with E-state index in [1.54, 1.807) is 36.4 Å². The van der Waals surface area contributed by atoms with Gasteiger partial charge in [0.25, 0.3) is 5.91 Å². The van der Waals surface area contributed by atoms with Gasteiger partial charge in [-0.15, -0.1) is 5.10 Å². The van der Waals surface area contributed by atoms with Crippen LogP contribution in [0.5, 0.6) is 5.75 Å². The molecule has 156 valence electrons. The van der Waals surface area contributed by atoms with E-state index in [0.29, 0.717) is 11.0 Å². The predicted molar refractivity (Wildman–Crippen MR) is 114 cm³/mol. The first-order chi connectivity index (χ1) is 15.1. The second-order valence-electron chi connectivity index (χ2n) is 6.96. The molecule has 3 aromatic carbocycles. The molecule has 31 heavy (non-hydrogen) atoms. The first-order valence-corrected chi connectivity index (χ1v) is 9.70. The lowest BCUT2D eigenvalue weighted by molar-refractivity contribution is 0.0824. The molecular formula is C23H20N4O4. The van der Waals surface area contributed by atoms with Crippen LogP contribution in [0.15, 0.2) is 78.9 Å². The zero-order valence-corrected chi connectivity index (χ0v) is 16.5. The molecule has 0 aliphatic rings. The second kappa shape index (κ2) is 9.08. The Kier molecular flexibility index (Phi) is 5.89. The number of hydrogen-bond donors (Lipinski definition) is 2. The molecule has 0 aliphatic heterocycles. The summed E-state index contributed by atoms with van der Waals surface area (Å²) >= 11 is 0. The number of aromatic hydroxyl groups is 1. The molecule has 0 saturated heterocycles. The highest BCUT2D eigenvalue weighted by Crippen LogP contribution is 2.15. The van der Waals surface area contributed by atoms with Gasteiger partial charge in [-0.05, 0) is 35.4 Å². The van der Waals surface area contributed by atoms with Crippen molar-refractivity contribution in [3.63, 3.8) is 0 Å². The lowest BCUT2D eigenvalue weighted by Crippen LogP contribution is -2.45. The Morgan fingerprint density at radius 2 is 1.65 bits per heavy atom. The molecule has 0 saturated carbocycles. The monoisotopic (exact) mass is 416 g/mol. The molecule has 2 N–H and O–H groups in total. The summed E-state index contributed by atoms with van der Waals surface area (Å²) in [6.45, 7) is 0.0824. The maximum absolute atomic E-state index is 13.2. The van der Waals surface area contributed by atoms with Crippen molar-refractivity contribution in [2.24, 2.45) is 0 Å². The molecule has 4 rings (SSSR count). The Bertz CT molecular complexity index is 1190. The number of aromatic nitrogens is 3. The van der Waals surface area contributed by atoms with Crippen LogP contribution in [0.1, 0.15) is 15.9 Å². The average molecular weight is 416 g/mol. The van der Waals surface area contributed by atoms with Crippen molar-refractivity contribution in [1.29, 1.82) is 0 Å². The number of phenols is 1. The minimum atomic E-state index is -0.946. The summed E-state index contributed by atoms with van der Waals surface area (Å²) in [5, 5.41) is 20.1. The Balaban J connectivity index is 1.54. The van der Waals surface area contributed by atoms with Crippen molar-refractivity contribution in [2.75, 3.05) is 0 Å². The molecule has 0 aliphatic carbocycles. The van der Waals surface area contributed by atoms with Gasteiger partial charge in [-0.3, -0.25) is 4.79 Å². The summed E-state index contributed by atoms with van der Waals surface area (Å²) < 4.78 is 6.46. The average Bonchev–Trinajstić information content (AvgIpc) is 3.23. The van der Waals surface area contributed by atoms with Gasteiger partial charge in [0.2, 0.25) is 0 Å². The number of fused-ring (bicyclic) bond motifs is 1. The van der Waals surface area contributed by atoms with Crippen LogP contribution in [0.2, 0.25) is 0 Å². The predicted octanol–water partition coefficient (Wildman–Crippen LogP) is 3.31. The molecule has 8 heteroatoms. The Hall–Kier alpha value is -4.20. The van der Waals surface area contributed by atoms with Crippen LogP contribution < -0.4 is 5.32 Å². The van der Waals surface area contributed by atoms with Crippen LogP contribution in [0.4, 0.5) is 4.79 Å². The first kappa shape index (κ1) is 20.1. The molecule has 4 aromatic rings. The molecule has 1 unspecified atom stereocenters. The van der Waals surface area contributed by atoms with E-state index in [-0.39, 0.29) is 18.8 Å². The molecule has 1 aromatic heterocycles. The largest absolute Gasteiger partial charge is 0.508 e. The summed E-state index contributed by atoms with van der Waals surface area (Å²) in [6, 6.07) is 21.8. The SMILES string of the molecule is O=C(NC(Cc1ccc(O)cc1)C(=O)n1nnc2ccccc21)OCc1ccccc1. The summed E-state index contributed by atoms with van der Waals surface area (Å²) in [5.74, 6) is -0.331. The number of rotatable bonds is 6. The number of benzene rings is 3. The summed E-state index contributed by atoms with van der Waals surface area (Å²) in [5.41, 5.74) is 2.71. The van der Waals surface area contributed by atoms with Gasteiger partial charge in [-0.25, -0.2) is 4.79 Å². The van der Waals surface area contributed by atoms with Gasteiger partial charge >= 0.3 is 6.09 Å². The van der Waals surface area contributed by atoms with Gasteiger partial charge in [0.1, 0.15) is 23.9 Å². The van der Waals surface area contributed by atoms with Crippen LogP contribution in [-0.4, -0.2) is 38.1 Å². The van der Waals surface area contributed by atoms with Gasteiger partial charge < -0.3 is 15.2 Å². The number of hydrogen-bond acceptors (Lipinski definition) is 6. The summed E-state index contributed by atoms with van der Waals surface area (Å²) in [6.07, 6.45) is -0.529. The summed E-state index contributed by atoms with van der Waals surface area (Å²) in [4.78, 5) is 25.7. The zero-order valence-electron chi connectivity index (χ0n) is 16.5. The number of nitrogens with zero attached hydrogens (tertiary/aromatic N) is 3. The molecular weight excluding hydrogens is 396 g/mol. The van der Waals surface area contributed by atoms with E-state index in [9.17, 15) is 14.7 Å². The van der Waals surface area contributed by atoms with Crippen molar-refractivity contribution < 1.29 is 19.4 Å². The number of ether oxygens (including phenoxy) is 1. The van der Waals surface area contributed by atoms with Crippen LogP contribution in [0.25, 0.3) is 11.0 Å². The maximum Gasteiger partial charge on any atom is 0.408 e. The molecule has 8 nitrogen and oxygen atoms in total. The van der Waals surface area contributed by atoms with Crippen LogP contribution in [0, 0.1) is 0 Å². The van der Waals surface area contributed by atoms with Crippen LogP contribution in [0.3, 0.4) is 0 Å². The van der Waals surface area contributed by atoms with E-state index < -0.39 is 18.0 Å². The third-order valence-electron chi connectivity index (χ3n) is 4.74. The number of carbonyl (C=O) groups is 2. The fourth-order valence-corrected chi connectivity index (χ4v) is 3.15. The Labute approximate surface area is 178 Å². The third kappa shape index (κ3) is 4.87. The van der Waals surface area contributed by atoms with Crippen molar-refractivity contribution in [3.05, 3.63) is 90.0 Å². The van der Waals surface area contributed by atoms with Crippen molar-refractivity contribution in [1.82, 2.24) is 20.3 Å². The number of amides is 1. The molecule has 1 amide bonds. The lowest BCUT2D eigenvalue weighted by atomic mass is 10.1. The van der Waals surface area contributed by atoms with Crippen LogP contribution in [-0.2, 0) is 17.8 Å². The standard InChI is InChI=1S/C23H20N4O4/c28-18-12-10-16(11-13-18)14-20(24-23(30)31-15-17-6-2-1-3-7-17)22(29)27-21-9-5-4-8-19(21)25-26-27/h1-13,20,28H,14-15H2,(H,24,30). The van der Waals surface area contributed by atoms with Gasteiger partial charge in [0, 0.05) is 6.42 Å². The van der Waals surface area contributed by atoms with E-state index in [0.717, 1.165) is 11.1 Å². The highest BCUT2D eigenvalue weighted by atomic mass is 16.5. The van der Waals surface area contributed by atoms with E-state index in [4.69, 9.17) is 4.74 Å². The minimum Gasteiger partial charge on any atom is -0.508 e. The number of phenolic OH excluding ortho intramolecular Hbond substituents is 1. The third-order valence-corrected chi connectivity index (χ3v) is 4.74. The number of carbonyl (C=O) groups excluding carboxylic acids is 2. The lowest BCUT2D eigenvalue weighted by Gasteiger charge is -2.18. The number of alkyl carbamates (subject to hydrolysis) is 1. The van der Waals surface area contributed by atoms with Crippen molar-refractivity contribution in [2.45, 2.75) is 19.1 Å². The van der Waals surface area contributed by atoms with Crippen molar-refractivity contribution >= 4 is 23.0 Å². The minimum absolute atomic E-state index is 0.0824. The maximum atomic E-state index is 13.2. The number of para-hydroxylation sites is 1. The van der Waals surface area contributed by atoms with E-state index in [1.807, 2.05) is 30.3 Å². The van der Waals surface area contributed by atoms with Gasteiger partial charge in [-0.2, -0.15) is 4.68 Å². The topological polar surface area (TPSA) is 106 Å². The highest BCUT2D eigenvalue weighted by molar-refractivity contribution is 5.93. The molecule has 0 fully saturated rings. The fourth-order valence-electron chi connectivity index (χ4n) is 3.15. The summed E-state index contributed by atoms with van der Waals surface area (Å²) in [7, 11) is 0. The quantitative estimate of drug-likeness (QED) is 0.499. The van der Waals surface area contributed by atoms with Crippen LogP contribution >= 0.6 is 0 Å². The Morgan fingerprint density at radius 1 is 0.935 bits per heavy atom. The van der Waals surface area contributed by atoms with E-state index >= 15 is 0 Å². The molecule has 1 atom stereocenters. The fraction of sp³-hybridized carbons (Fsp3) is 0.130. The first-order valence-electron chi connectivity index (χ1n) is 9.70. The van der Waals surface area contributed by atoms with Gasteiger partial charge in [-0.1, -0.05) is 59.8 Å². The number of nitrogens with one attached hydrogen (secondary N) is 1. The van der Waals surface area contributed by atoms with E-state index in [1.165, 1.54) is 16.8 Å². The smallest absolute Gasteiger partial charge is 0.408 e. The second-order valence-corrected chi connectivity index (χ2v) is 6.96. The molecule has 0 radical (unpaired) electrons. The van der Waals surface area contributed by atoms with E-state index in [2.05, 4.69) is 15.6 Å². The van der Waals surface area contributed by atoms with Crippen molar-refractivity contribution in [3.8, 4) is 5.75 Å². The van der Waals surface area contributed by atoms with Gasteiger partial charge in [0.05, 0.1) is 5.52 Å². The van der Waals surface area contributed by atoms with Gasteiger partial charge in [0.15, 0.2) is 0 Å². The normalized spacial score (nSPS) is 11.7. The molecule has 1 heterocycles. The highest BCUT2D eigenvalue weighted by Gasteiger charge is 2.26. The Morgan fingerprint density at radius 3 is 2.42 bits per heavy atom. The zero-order chi connectivity index (χ0) is 21.6. The molecule has 0 bridgehead atoms. The molecule has 0 spiro atoms.